The zero-order chi connectivity index (χ0) is 14.5. The molecule has 1 aliphatic heterocycles. The van der Waals surface area contributed by atoms with Crippen molar-refractivity contribution in [2.45, 2.75) is 43.7 Å². The van der Waals surface area contributed by atoms with E-state index < -0.39 is 0 Å². The lowest BCUT2D eigenvalue weighted by Crippen LogP contribution is -2.45. The maximum atomic E-state index is 5.60. The van der Waals surface area contributed by atoms with Crippen molar-refractivity contribution in [1.29, 1.82) is 0 Å². The summed E-state index contributed by atoms with van der Waals surface area (Å²) < 4.78 is 11.1. The van der Waals surface area contributed by atoms with Gasteiger partial charge in [0.2, 0.25) is 5.95 Å². The molecule has 1 aromatic heterocycles. The summed E-state index contributed by atoms with van der Waals surface area (Å²) in [6.45, 7) is 2.38. The normalized spacial score (nSPS) is 24.1. The third-order valence-corrected chi connectivity index (χ3v) is 4.43. The fraction of sp³-hybridized carbons (Fsp3) is 0.733. The Morgan fingerprint density at radius 2 is 2.33 bits per heavy atom. The van der Waals surface area contributed by atoms with Gasteiger partial charge in [-0.05, 0) is 38.2 Å². The Kier molecular flexibility index (Phi) is 4.55. The van der Waals surface area contributed by atoms with Gasteiger partial charge in [-0.1, -0.05) is 0 Å². The van der Waals surface area contributed by atoms with E-state index in [4.69, 9.17) is 9.47 Å². The number of nitrogens with one attached hydrogen (secondary N) is 2. The van der Waals surface area contributed by atoms with Crippen LogP contribution >= 0.6 is 0 Å². The zero-order valence-corrected chi connectivity index (χ0v) is 12.6. The standard InChI is InChI=1S/C15H24N4O2/c1-20-15(6-3-7-15)11-17-14-16-8-5-13(19-14)18-12-4-2-9-21-10-12/h5,8,12H,2-4,6-7,9-11H2,1H3,(H2,16,17,18,19)/t12-/m1/s1. The van der Waals surface area contributed by atoms with Crippen LogP contribution in [-0.4, -0.2) is 48.5 Å². The lowest BCUT2D eigenvalue weighted by Gasteiger charge is -2.40. The first-order valence-corrected chi connectivity index (χ1v) is 7.76. The molecule has 3 rings (SSSR count). The van der Waals surface area contributed by atoms with Crippen LogP contribution in [0.25, 0.3) is 0 Å². The number of methoxy groups -OCH3 is 1. The molecular formula is C15H24N4O2. The molecule has 116 valence electrons. The molecule has 6 heteroatoms. The Morgan fingerprint density at radius 1 is 1.43 bits per heavy atom. The molecule has 0 amide bonds. The van der Waals surface area contributed by atoms with Gasteiger partial charge < -0.3 is 20.1 Å². The average molecular weight is 292 g/mol. The molecule has 2 heterocycles. The highest BCUT2D eigenvalue weighted by molar-refractivity contribution is 5.40. The summed E-state index contributed by atoms with van der Waals surface area (Å²) in [7, 11) is 1.78. The van der Waals surface area contributed by atoms with Crippen molar-refractivity contribution in [3.8, 4) is 0 Å². The molecule has 0 aromatic carbocycles. The van der Waals surface area contributed by atoms with Gasteiger partial charge in [-0.3, -0.25) is 0 Å². The van der Waals surface area contributed by atoms with Crippen molar-refractivity contribution < 1.29 is 9.47 Å². The largest absolute Gasteiger partial charge is 0.379 e. The predicted octanol–water partition coefficient (Wildman–Crippen LogP) is 2.05. The van der Waals surface area contributed by atoms with Gasteiger partial charge in [0.1, 0.15) is 5.82 Å². The monoisotopic (exact) mass is 292 g/mol. The average Bonchev–Trinajstić information content (AvgIpc) is 2.48. The van der Waals surface area contributed by atoms with Crippen LogP contribution in [0.3, 0.4) is 0 Å². The number of hydrogen-bond donors (Lipinski definition) is 2. The summed E-state index contributed by atoms with van der Waals surface area (Å²) in [5.41, 5.74) is -0.0238. The molecule has 1 saturated heterocycles. The molecule has 2 aliphatic rings. The quantitative estimate of drug-likeness (QED) is 0.836. The fourth-order valence-electron chi connectivity index (χ4n) is 2.85. The first kappa shape index (κ1) is 14.5. The van der Waals surface area contributed by atoms with Gasteiger partial charge in [0.05, 0.1) is 18.2 Å². The fourth-order valence-corrected chi connectivity index (χ4v) is 2.85. The maximum Gasteiger partial charge on any atom is 0.224 e. The Balaban J connectivity index is 1.55. The van der Waals surface area contributed by atoms with Crippen molar-refractivity contribution >= 4 is 11.8 Å². The van der Waals surface area contributed by atoms with E-state index in [1.165, 1.54) is 6.42 Å². The van der Waals surface area contributed by atoms with Gasteiger partial charge in [-0.25, -0.2) is 4.98 Å². The van der Waals surface area contributed by atoms with E-state index in [-0.39, 0.29) is 5.60 Å². The highest BCUT2D eigenvalue weighted by Gasteiger charge is 2.36. The van der Waals surface area contributed by atoms with Crippen LogP contribution in [0.5, 0.6) is 0 Å². The third-order valence-electron chi connectivity index (χ3n) is 4.43. The van der Waals surface area contributed by atoms with Crippen LogP contribution < -0.4 is 10.6 Å². The molecule has 6 nitrogen and oxygen atoms in total. The Hall–Kier alpha value is -1.40. The van der Waals surface area contributed by atoms with Crippen LogP contribution in [0, 0.1) is 0 Å². The van der Waals surface area contributed by atoms with Crippen molar-refractivity contribution in [2.75, 3.05) is 37.5 Å². The summed E-state index contributed by atoms with van der Waals surface area (Å²) >= 11 is 0. The number of anilines is 2. The van der Waals surface area contributed by atoms with Gasteiger partial charge in [-0.15, -0.1) is 0 Å². The molecule has 0 unspecified atom stereocenters. The molecule has 2 fully saturated rings. The van der Waals surface area contributed by atoms with E-state index >= 15 is 0 Å². The molecule has 0 radical (unpaired) electrons. The number of nitrogens with zero attached hydrogens (tertiary/aromatic N) is 2. The highest BCUT2D eigenvalue weighted by Crippen LogP contribution is 2.34. The van der Waals surface area contributed by atoms with E-state index in [9.17, 15) is 0 Å². The lowest BCUT2D eigenvalue weighted by molar-refractivity contribution is -0.0602. The lowest BCUT2D eigenvalue weighted by atomic mass is 9.80. The van der Waals surface area contributed by atoms with Crippen molar-refractivity contribution in [2.24, 2.45) is 0 Å². The molecule has 0 spiro atoms. The van der Waals surface area contributed by atoms with Crippen molar-refractivity contribution in [1.82, 2.24) is 9.97 Å². The van der Waals surface area contributed by atoms with Gasteiger partial charge in [0.15, 0.2) is 0 Å². The molecular weight excluding hydrogens is 268 g/mol. The first-order chi connectivity index (χ1) is 10.3. The van der Waals surface area contributed by atoms with Gasteiger partial charge in [0, 0.05) is 26.5 Å². The summed E-state index contributed by atoms with van der Waals surface area (Å²) in [6.07, 6.45) is 7.45. The Morgan fingerprint density at radius 3 is 3.00 bits per heavy atom. The number of ether oxygens (including phenoxy) is 2. The molecule has 21 heavy (non-hydrogen) atoms. The van der Waals surface area contributed by atoms with Gasteiger partial charge >= 0.3 is 0 Å². The maximum absolute atomic E-state index is 5.60. The van der Waals surface area contributed by atoms with Crippen LogP contribution in [0.2, 0.25) is 0 Å². The minimum atomic E-state index is -0.0238. The highest BCUT2D eigenvalue weighted by atomic mass is 16.5. The van der Waals surface area contributed by atoms with Crippen molar-refractivity contribution in [3.63, 3.8) is 0 Å². The molecule has 1 atom stereocenters. The smallest absolute Gasteiger partial charge is 0.224 e. The topological polar surface area (TPSA) is 68.3 Å². The van der Waals surface area contributed by atoms with E-state index in [1.54, 1.807) is 13.3 Å². The summed E-state index contributed by atoms with van der Waals surface area (Å²) in [6, 6.07) is 2.24. The van der Waals surface area contributed by atoms with E-state index in [0.29, 0.717) is 12.0 Å². The second-order valence-corrected chi connectivity index (χ2v) is 5.92. The Bertz CT molecular complexity index is 453. The minimum absolute atomic E-state index is 0.0238. The summed E-state index contributed by atoms with van der Waals surface area (Å²) in [5.74, 6) is 1.50. The third kappa shape index (κ3) is 3.63. The Labute approximate surface area is 125 Å². The van der Waals surface area contributed by atoms with Gasteiger partial charge in [0.25, 0.3) is 0 Å². The second kappa shape index (κ2) is 6.58. The SMILES string of the molecule is COC1(CNc2nccc(N[C@@H]3CCCOC3)n2)CCC1. The number of rotatable bonds is 6. The number of aromatic nitrogens is 2. The molecule has 1 saturated carbocycles. The van der Waals surface area contributed by atoms with Gasteiger partial charge in [-0.2, -0.15) is 4.98 Å². The summed E-state index contributed by atoms with van der Waals surface area (Å²) in [5, 5.41) is 6.71. The molecule has 0 bridgehead atoms. The van der Waals surface area contributed by atoms with E-state index in [1.807, 2.05) is 6.07 Å². The van der Waals surface area contributed by atoms with Crippen molar-refractivity contribution in [3.05, 3.63) is 12.3 Å². The molecule has 1 aliphatic carbocycles. The first-order valence-electron chi connectivity index (χ1n) is 7.76. The summed E-state index contributed by atoms with van der Waals surface area (Å²) in [4.78, 5) is 8.80. The zero-order valence-electron chi connectivity index (χ0n) is 12.6. The van der Waals surface area contributed by atoms with Crippen LogP contribution in [-0.2, 0) is 9.47 Å². The number of hydrogen-bond acceptors (Lipinski definition) is 6. The van der Waals surface area contributed by atoms with Crippen LogP contribution in [0.4, 0.5) is 11.8 Å². The molecule has 2 N–H and O–H groups in total. The van der Waals surface area contributed by atoms with E-state index in [0.717, 1.165) is 51.3 Å². The second-order valence-electron chi connectivity index (χ2n) is 5.92. The molecule has 1 aromatic rings. The predicted molar refractivity (Wildman–Crippen MR) is 81.6 cm³/mol. The van der Waals surface area contributed by atoms with E-state index in [2.05, 4.69) is 20.6 Å². The van der Waals surface area contributed by atoms with Crippen LogP contribution in [0.15, 0.2) is 12.3 Å². The minimum Gasteiger partial charge on any atom is -0.379 e. The van der Waals surface area contributed by atoms with Crippen LogP contribution in [0.1, 0.15) is 32.1 Å².